The van der Waals surface area contributed by atoms with Gasteiger partial charge in [-0.3, -0.25) is 4.79 Å². The van der Waals surface area contributed by atoms with Gasteiger partial charge < -0.3 is 20.9 Å². The van der Waals surface area contributed by atoms with Gasteiger partial charge in [-0.05, 0) is 72.7 Å². The lowest BCUT2D eigenvalue weighted by atomic mass is 10.1. The number of amides is 1. The molecular weight excluding hydrogens is 387 g/mol. The van der Waals surface area contributed by atoms with E-state index >= 15 is 0 Å². The predicted molar refractivity (Wildman–Crippen MR) is 87.1 cm³/mol. The van der Waals surface area contributed by atoms with Crippen molar-refractivity contribution in [2.75, 3.05) is 13.2 Å². The third-order valence-electron chi connectivity index (χ3n) is 2.76. The number of hydrogen-bond donors (Lipinski definition) is 3. The number of halogens is 1. The molecule has 1 amide bonds. The van der Waals surface area contributed by atoms with Crippen LogP contribution in [0.15, 0.2) is 24.3 Å². The largest absolute Gasteiger partial charge is 0.484 e. The highest BCUT2D eigenvalue weighted by atomic mass is 127. The molecule has 1 unspecified atom stereocenters. The van der Waals surface area contributed by atoms with Crippen molar-refractivity contribution in [1.29, 1.82) is 0 Å². The Morgan fingerprint density at radius 2 is 1.95 bits per heavy atom. The Bertz CT molecular complexity index is 465. The predicted octanol–water partition coefficient (Wildman–Crippen LogP) is 1.37. The molecule has 0 fully saturated rings. The van der Waals surface area contributed by atoms with Gasteiger partial charge in [0.25, 0.3) is 5.91 Å². The van der Waals surface area contributed by atoms with E-state index in [0.29, 0.717) is 25.1 Å². The first-order valence-corrected chi connectivity index (χ1v) is 7.71. The van der Waals surface area contributed by atoms with Crippen LogP contribution in [0.1, 0.15) is 19.3 Å². The number of carbonyl (C=O) groups is 2. The number of ether oxygens (including phenoxy) is 1. The van der Waals surface area contributed by atoms with Crippen LogP contribution in [0.4, 0.5) is 0 Å². The summed E-state index contributed by atoms with van der Waals surface area (Å²) in [5, 5.41) is 11.5. The Labute approximate surface area is 137 Å². The van der Waals surface area contributed by atoms with Crippen LogP contribution in [0, 0.1) is 3.57 Å². The summed E-state index contributed by atoms with van der Waals surface area (Å²) < 4.78 is 6.37. The van der Waals surface area contributed by atoms with Gasteiger partial charge in [-0.25, -0.2) is 4.79 Å². The van der Waals surface area contributed by atoms with E-state index < -0.39 is 17.9 Å². The van der Waals surface area contributed by atoms with Crippen LogP contribution in [0.2, 0.25) is 0 Å². The van der Waals surface area contributed by atoms with Crippen molar-refractivity contribution in [2.45, 2.75) is 25.3 Å². The highest BCUT2D eigenvalue weighted by molar-refractivity contribution is 14.1. The van der Waals surface area contributed by atoms with Crippen LogP contribution in [0.3, 0.4) is 0 Å². The van der Waals surface area contributed by atoms with Crippen molar-refractivity contribution in [3.8, 4) is 5.75 Å². The fraction of sp³-hybridized carbons (Fsp3) is 0.429. The molecule has 4 N–H and O–H groups in total. The first-order valence-electron chi connectivity index (χ1n) is 6.63. The number of unbranched alkanes of at least 4 members (excludes halogenated alkanes) is 1. The summed E-state index contributed by atoms with van der Waals surface area (Å²) in [6.07, 6.45) is 1.76. The topological polar surface area (TPSA) is 102 Å². The molecule has 0 heterocycles. The average molecular weight is 406 g/mol. The van der Waals surface area contributed by atoms with Crippen molar-refractivity contribution in [2.24, 2.45) is 5.73 Å². The van der Waals surface area contributed by atoms with Gasteiger partial charge in [0, 0.05) is 3.57 Å². The standard InChI is InChI=1S/C14H19IN2O4/c15-10-4-6-11(7-5-10)21-9-13(18)17-12(14(19)20)3-1-2-8-16/h4-7,12H,1-3,8-9,16H2,(H,17,18)(H,19,20). The molecule has 0 aromatic heterocycles. The van der Waals surface area contributed by atoms with E-state index in [2.05, 4.69) is 27.9 Å². The van der Waals surface area contributed by atoms with Gasteiger partial charge in [0.1, 0.15) is 11.8 Å². The zero-order valence-electron chi connectivity index (χ0n) is 11.5. The zero-order chi connectivity index (χ0) is 15.7. The van der Waals surface area contributed by atoms with Gasteiger partial charge in [-0.15, -0.1) is 0 Å². The van der Waals surface area contributed by atoms with Crippen LogP contribution in [0.25, 0.3) is 0 Å². The minimum Gasteiger partial charge on any atom is -0.484 e. The molecular formula is C14H19IN2O4. The maximum absolute atomic E-state index is 11.7. The van der Waals surface area contributed by atoms with Gasteiger partial charge in [0.05, 0.1) is 0 Å². The van der Waals surface area contributed by atoms with Gasteiger partial charge in [0.2, 0.25) is 0 Å². The summed E-state index contributed by atoms with van der Waals surface area (Å²) in [5.74, 6) is -0.927. The minimum absolute atomic E-state index is 0.207. The number of aliphatic carboxylic acids is 1. The number of carbonyl (C=O) groups excluding carboxylic acids is 1. The van der Waals surface area contributed by atoms with Crippen molar-refractivity contribution < 1.29 is 19.4 Å². The molecule has 116 valence electrons. The molecule has 1 aromatic rings. The molecule has 6 nitrogen and oxygen atoms in total. The van der Waals surface area contributed by atoms with Crippen LogP contribution < -0.4 is 15.8 Å². The molecule has 21 heavy (non-hydrogen) atoms. The fourth-order valence-electron chi connectivity index (χ4n) is 1.67. The van der Waals surface area contributed by atoms with Crippen molar-refractivity contribution in [3.05, 3.63) is 27.8 Å². The molecule has 0 aliphatic rings. The van der Waals surface area contributed by atoms with Crippen LogP contribution >= 0.6 is 22.6 Å². The van der Waals surface area contributed by atoms with E-state index in [0.717, 1.165) is 9.99 Å². The molecule has 1 atom stereocenters. The molecule has 1 aromatic carbocycles. The van der Waals surface area contributed by atoms with E-state index in [1.807, 2.05) is 12.1 Å². The summed E-state index contributed by atoms with van der Waals surface area (Å²) in [7, 11) is 0. The molecule has 7 heteroatoms. The molecule has 0 aliphatic heterocycles. The van der Waals surface area contributed by atoms with E-state index in [-0.39, 0.29) is 6.61 Å². The van der Waals surface area contributed by atoms with Gasteiger partial charge in [0.15, 0.2) is 6.61 Å². The third-order valence-corrected chi connectivity index (χ3v) is 3.48. The third kappa shape index (κ3) is 7.28. The maximum atomic E-state index is 11.7. The first kappa shape index (κ1) is 17.7. The van der Waals surface area contributed by atoms with E-state index in [1.165, 1.54) is 0 Å². The summed E-state index contributed by atoms with van der Waals surface area (Å²) in [6, 6.07) is 6.33. The van der Waals surface area contributed by atoms with Gasteiger partial charge in [-0.2, -0.15) is 0 Å². The van der Waals surface area contributed by atoms with E-state index in [9.17, 15) is 9.59 Å². The number of rotatable bonds is 9. The molecule has 1 rings (SSSR count). The molecule has 0 saturated heterocycles. The normalized spacial score (nSPS) is 11.7. The quantitative estimate of drug-likeness (QED) is 0.425. The summed E-state index contributed by atoms with van der Waals surface area (Å²) in [6.45, 7) is 0.303. The monoisotopic (exact) mass is 406 g/mol. The summed E-state index contributed by atoms with van der Waals surface area (Å²) in [5.41, 5.74) is 5.36. The van der Waals surface area contributed by atoms with Crippen molar-refractivity contribution in [3.63, 3.8) is 0 Å². The lowest BCUT2D eigenvalue weighted by Crippen LogP contribution is -2.43. The second kappa shape index (κ2) is 9.56. The average Bonchev–Trinajstić information content (AvgIpc) is 2.45. The summed E-state index contributed by atoms with van der Waals surface area (Å²) >= 11 is 2.17. The Morgan fingerprint density at radius 3 is 2.52 bits per heavy atom. The first-order chi connectivity index (χ1) is 10.0. The minimum atomic E-state index is -1.05. The van der Waals surface area contributed by atoms with Gasteiger partial charge >= 0.3 is 5.97 Å². The number of carboxylic acid groups (broad SMARTS) is 1. The molecule has 0 bridgehead atoms. The van der Waals surface area contributed by atoms with Crippen LogP contribution in [0.5, 0.6) is 5.75 Å². The Kier molecular flexibility index (Phi) is 8.06. The van der Waals surface area contributed by atoms with Crippen molar-refractivity contribution >= 4 is 34.5 Å². The maximum Gasteiger partial charge on any atom is 0.326 e. The number of benzene rings is 1. The van der Waals surface area contributed by atoms with Crippen molar-refractivity contribution in [1.82, 2.24) is 5.32 Å². The van der Waals surface area contributed by atoms with Gasteiger partial charge in [-0.1, -0.05) is 0 Å². The Morgan fingerprint density at radius 1 is 1.29 bits per heavy atom. The highest BCUT2D eigenvalue weighted by Gasteiger charge is 2.19. The second-order valence-corrected chi connectivity index (χ2v) is 5.73. The SMILES string of the molecule is NCCCCC(NC(=O)COc1ccc(I)cc1)C(=O)O. The Hall–Kier alpha value is -1.35. The lowest BCUT2D eigenvalue weighted by molar-refractivity contribution is -0.142. The fourth-order valence-corrected chi connectivity index (χ4v) is 2.03. The Balaban J connectivity index is 2.39. The van der Waals surface area contributed by atoms with E-state index in [4.69, 9.17) is 15.6 Å². The number of nitrogens with two attached hydrogens (primary N) is 1. The number of hydrogen-bond acceptors (Lipinski definition) is 4. The summed E-state index contributed by atoms with van der Waals surface area (Å²) in [4.78, 5) is 22.8. The highest BCUT2D eigenvalue weighted by Crippen LogP contribution is 2.13. The molecule has 0 spiro atoms. The smallest absolute Gasteiger partial charge is 0.326 e. The lowest BCUT2D eigenvalue weighted by Gasteiger charge is -2.14. The molecule has 0 saturated carbocycles. The zero-order valence-corrected chi connectivity index (χ0v) is 13.7. The number of nitrogens with one attached hydrogen (secondary N) is 1. The number of carboxylic acids is 1. The van der Waals surface area contributed by atoms with Crippen LogP contribution in [-0.4, -0.2) is 36.2 Å². The van der Waals surface area contributed by atoms with Crippen LogP contribution in [-0.2, 0) is 9.59 Å². The molecule has 0 aliphatic carbocycles. The molecule has 0 radical (unpaired) electrons. The van der Waals surface area contributed by atoms with E-state index in [1.54, 1.807) is 12.1 Å². The second-order valence-electron chi connectivity index (χ2n) is 4.49.